The standard InChI is InChI=1S/C12H15N3OS2/c1-7-9(8(2)16)10(18-15-7)14-12(3,4)11-13-5-6-17-11/h5-6,14H,1-4H3. The average molecular weight is 281 g/mol. The predicted octanol–water partition coefficient (Wildman–Crippen LogP) is 3.46. The maximum Gasteiger partial charge on any atom is 0.164 e. The van der Waals surface area contributed by atoms with E-state index < -0.39 is 0 Å². The van der Waals surface area contributed by atoms with Crippen molar-refractivity contribution in [2.75, 3.05) is 5.32 Å². The first-order chi connectivity index (χ1) is 8.42. The molecule has 2 heterocycles. The fourth-order valence-electron chi connectivity index (χ4n) is 1.74. The molecule has 0 saturated heterocycles. The van der Waals surface area contributed by atoms with E-state index in [0.29, 0.717) is 5.56 Å². The van der Waals surface area contributed by atoms with Crippen molar-refractivity contribution >= 4 is 33.7 Å². The smallest absolute Gasteiger partial charge is 0.164 e. The molecule has 4 nitrogen and oxygen atoms in total. The Morgan fingerprint density at radius 1 is 1.44 bits per heavy atom. The summed E-state index contributed by atoms with van der Waals surface area (Å²) in [6.07, 6.45) is 1.78. The minimum Gasteiger partial charge on any atom is -0.364 e. The van der Waals surface area contributed by atoms with Crippen LogP contribution in [0.5, 0.6) is 0 Å². The summed E-state index contributed by atoms with van der Waals surface area (Å²) in [6, 6.07) is 0. The van der Waals surface area contributed by atoms with Crippen molar-refractivity contribution in [3.8, 4) is 0 Å². The average Bonchev–Trinajstić information content (AvgIpc) is 2.87. The number of carbonyl (C=O) groups excluding carboxylic acids is 1. The second kappa shape index (κ2) is 4.78. The van der Waals surface area contributed by atoms with Gasteiger partial charge in [-0.2, -0.15) is 4.37 Å². The van der Waals surface area contributed by atoms with Crippen LogP contribution in [0, 0.1) is 6.92 Å². The number of hydrogen-bond acceptors (Lipinski definition) is 6. The summed E-state index contributed by atoms with van der Waals surface area (Å²) >= 11 is 2.92. The zero-order valence-corrected chi connectivity index (χ0v) is 12.4. The lowest BCUT2D eigenvalue weighted by Gasteiger charge is -2.24. The molecule has 0 aliphatic carbocycles. The molecule has 0 amide bonds. The summed E-state index contributed by atoms with van der Waals surface area (Å²) in [7, 11) is 0. The molecule has 0 atom stereocenters. The van der Waals surface area contributed by atoms with Gasteiger partial charge in [-0.25, -0.2) is 4.98 Å². The van der Waals surface area contributed by atoms with Gasteiger partial charge < -0.3 is 5.32 Å². The van der Waals surface area contributed by atoms with E-state index in [-0.39, 0.29) is 11.3 Å². The summed E-state index contributed by atoms with van der Waals surface area (Å²) in [5.74, 6) is 0.0405. The lowest BCUT2D eigenvalue weighted by Crippen LogP contribution is -2.28. The van der Waals surface area contributed by atoms with E-state index in [1.165, 1.54) is 11.5 Å². The first-order valence-corrected chi connectivity index (χ1v) is 7.22. The van der Waals surface area contributed by atoms with E-state index >= 15 is 0 Å². The predicted molar refractivity (Wildman–Crippen MR) is 75.6 cm³/mol. The van der Waals surface area contributed by atoms with Gasteiger partial charge in [-0.15, -0.1) is 11.3 Å². The highest BCUT2D eigenvalue weighted by molar-refractivity contribution is 7.11. The Bertz CT molecular complexity index is 558. The molecule has 2 aromatic rings. The number of Topliss-reactive ketones (excluding diaryl/α,β-unsaturated/α-hetero) is 1. The van der Waals surface area contributed by atoms with E-state index in [1.54, 1.807) is 24.5 Å². The van der Waals surface area contributed by atoms with Gasteiger partial charge in [-0.05, 0) is 39.2 Å². The fraction of sp³-hybridized carbons (Fsp3) is 0.417. The first-order valence-electron chi connectivity index (χ1n) is 5.57. The molecule has 0 aromatic carbocycles. The summed E-state index contributed by atoms with van der Waals surface area (Å²) < 4.78 is 4.24. The molecular formula is C12H15N3OS2. The lowest BCUT2D eigenvalue weighted by molar-refractivity contribution is 0.101. The summed E-state index contributed by atoms with van der Waals surface area (Å²) in [5.41, 5.74) is 1.16. The number of aromatic nitrogens is 2. The minimum absolute atomic E-state index is 0.0405. The van der Waals surface area contributed by atoms with E-state index in [4.69, 9.17) is 0 Å². The van der Waals surface area contributed by atoms with E-state index in [9.17, 15) is 4.79 Å². The Morgan fingerprint density at radius 3 is 2.72 bits per heavy atom. The fourth-order valence-corrected chi connectivity index (χ4v) is 3.46. The number of aryl methyl sites for hydroxylation is 1. The molecule has 1 N–H and O–H groups in total. The first kappa shape index (κ1) is 13.2. The van der Waals surface area contributed by atoms with E-state index in [1.807, 2.05) is 26.2 Å². The molecule has 2 aromatic heterocycles. The number of ketones is 1. The Balaban J connectivity index is 2.32. The second-order valence-corrected chi connectivity index (χ2v) is 6.28. The van der Waals surface area contributed by atoms with Crippen LogP contribution in [0.4, 0.5) is 5.00 Å². The zero-order chi connectivity index (χ0) is 13.3. The van der Waals surface area contributed by atoms with Gasteiger partial charge >= 0.3 is 0 Å². The van der Waals surface area contributed by atoms with Gasteiger partial charge in [0.2, 0.25) is 0 Å². The molecule has 0 aliphatic heterocycles. The van der Waals surface area contributed by atoms with Gasteiger partial charge in [-0.3, -0.25) is 4.79 Å². The van der Waals surface area contributed by atoms with Gasteiger partial charge in [-0.1, -0.05) is 0 Å². The summed E-state index contributed by atoms with van der Waals surface area (Å²) in [5, 5.41) is 7.13. The maximum absolute atomic E-state index is 11.6. The molecule has 0 fully saturated rings. The largest absolute Gasteiger partial charge is 0.364 e. The topological polar surface area (TPSA) is 54.9 Å². The molecule has 2 rings (SSSR count). The van der Waals surface area contributed by atoms with Crippen LogP contribution in [-0.2, 0) is 5.54 Å². The number of rotatable bonds is 4. The molecule has 0 aliphatic rings. The summed E-state index contributed by atoms with van der Waals surface area (Å²) in [4.78, 5) is 16.0. The van der Waals surface area contributed by atoms with Gasteiger partial charge in [0.1, 0.15) is 10.0 Å². The SMILES string of the molecule is CC(=O)c1c(C)nsc1NC(C)(C)c1nccs1. The number of thiazole rings is 1. The van der Waals surface area contributed by atoms with Crippen molar-refractivity contribution < 1.29 is 4.79 Å². The van der Waals surface area contributed by atoms with Gasteiger partial charge in [0, 0.05) is 11.6 Å². The number of carbonyl (C=O) groups is 1. The van der Waals surface area contributed by atoms with E-state index in [0.717, 1.165) is 15.7 Å². The molecule has 0 bridgehead atoms. The van der Waals surface area contributed by atoms with Crippen LogP contribution in [0.3, 0.4) is 0 Å². The van der Waals surface area contributed by atoms with Crippen molar-refractivity contribution in [2.45, 2.75) is 33.2 Å². The molecule has 96 valence electrons. The number of nitrogens with one attached hydrogen (secondary N) is 1. The van der Waals surface area contributed by atoms with Crippen molar-refractivity contribution in [2.24, 2.45) is 0 Å². The molecule has 18 heavy (non-hydrogen) atoms. The van der Waals surface area contributed by atoms with Crippen LogP contribution in [0.1, 0.15) is 41.8 Å². The molecular weight excluding hydrogens is 266 g/mol. The Kier molecular flexibility index (Phi) is 3.49. The Labute approximate surface area is 114 Å². The molecule has 6 heteroatoms. The normalized spacial score (nSPS) is 11.6. The van der Waals surface area contributed by atoms with Crippen molar-refractivity contribution in [1.82, 2.24) is 9.36 Å². The third-order valence-electron chi connectivity index (χ3n) is 2.61. The highest BCUT2D eigenvalue weighted by atomic mass is 32.1. The van der Waals surface area contributed by atoms with E-state index in [2.05, 4.69) is 14.7 Å². The maximum atomic E-state index is 11.6. The lowest BCUT2D eigenvalue weighted by atomic mass is 10.1. The second-order valence-electron chi connectivity index (χ2n) is 4.62. The summed E-state index contributed by atoms with van der Waals surface area (Å²) in [6.45, 7) is 7.52. The van der Waals surface area contributed by atoms with Gasteiger partial charge in [0.25, 0.3) is 0 Å². The van der Waals surface area contributed by atoms with Crippen LogP contribution in [-0.4, -0.2) is 15.1 Å². The van der Waals surface area contributed by atoms with Crippen LogP contribution in [0.2, 0.25) is 0 Å². The number of hydrogen-bond donors (Lipinski definition) is 1. The molecule has 0 radical (unpaired) electrons. The van der Waals surface area contributed by atoms with Crippen LogP contribution >= 0.6 is 22.9 Å². The van der Waals surface area contributed by atoms with Crippen molar-refractivity contribution in [3.05, 3.63) is 27.8 Å². The highest BCUT2D eigenvalue weighted by Crippen LogP contribution is 2.32. The number of nitrogens with zero attached hydrogens (tertiary/aromatic N) is 2. The van der Waals surface area contributed by atoms with Gasteiger partial charge in [0.05, 0.1) is 16.8 Å². The minimum atomic E-state index is -0.308. The third-order valence-corrected chi connectivity index (χ3v) is 4.56. The number of anilines is 1. The van der Waals surface area contributed by atoms with Crippen LogP contribution in [0.25, 0.3) is 0 Å². The molecule has 0 unspecified atom stereocenters. The van der Waals surface area contributed by atoms with Crippen molar-refractivity contribution in [1.29, 1.82) is 0 Å². The molecule has 0 saturated carbocycles. The monoisotopic (exact) mass is 281 g/mol. The van der Waals surface area contributed by atoms with Gasteiger partial charge in [0.15, 0.2) is 5.78 Å². The van der Waals surface area contributed by atoms with Crippen molar-refractivity contribution in [3.63, 3.8) is 0 Å². The quantitative estimate of drug-likeness (QED) is 0.872. The molecule has 0 spiro atoms. The third kappa shape index (κ3) is 2.44. The van der Waals surface area contributed by atoms with Crippen LogP contribution < -0.4 is 5.32 Å². The Morgan fingerprint density at radius 2 is 2.17 bits per heavy atom. The zero-order valence-electron chi connectivity index (χ0n) is 10.8. The highest BCUT2D eigenvalue weighted by Gasteiger charge is 2.26. The Hall–Kier alpha value is -1.27. The van der Waals surface area contributed by atoms with Crippen LogP contribution in [0.15, 0.2) is 11.6 Å².